The van der Waals surface area contributed by atoms with E-state index in [1.54, 1.807) is 0 Å². The van der Waals surface area contributed by atoms with Crippen molar-refractivity contribution in [2.24, 2.45) is 15.3 Å². The second kappa shape index (κ2) is 7.04. The van der Waals surface area contributed by atoms with E-state index in [-0.39, 0.29) is 13.0 Å². The Bertz CT molecular complexity index is 243. The predicted molar refractivity (Wildman–Crippen MR) is 40.7 cm³/mol. The van der Waals surface area contributed by atoms with Crippen LogP contribution in [0.1, 0.15) is 6.42 Å². The Morgan fingerprint density at radius 2 is 1.58 bits per heavy atom. The van der Waals surface area contributed by atoms with Crippen molar-refractivity contribution in [1.82, 2.24) is 0 Å². The standard InChI is InChI=1S/C3H5N9/c4-10-7-2-1-3(8-11-5)9-12-6/h3H,1-2H2. The van der Waals surface area contributed by atoms with E-state index in [9.17, 15) is 0 Å². The monoisotopic (exact) mass is 167 g/mol. The number of hydrogen-bond acceptors (Lipinski definition) is 3. The molecule has 0 amide bonds. The summed E-state index contributed by atoms with van der Waals surface area (Å²) in [4.78, 5) is 7.40. The van der Waals surface area contributed by atoms with Gasteiger partial charge in [-0.1, -0.05) is 15.3 Å². The topological polar surface area (TPSA) is 146 Å². The molecule has 0 atom stereocenters. The van der Waals surface area contributed by atoms with Gasteiger partial charge in [0.2, 0.25) is 0 Å². The number of rotatable bonds is 5. The Hall–Kier alpha value is -2.07. The molecule has 0 fully saturated rings. The van der Waals surface area contributed by atoms with Gasteiger partial charge in [-0.15, -0.1) is 0 Å². The fourth-order valence-electron chi connectivity index (χ4n) is 0.476. The van der Waals surface area contributed by atoms with Crippen LogP contribution in [0, 0.1) is 0 Å². The van der Waals surface area contributed by atoms with Crippen LogP contribution in [0.15, 0.2) is 15.3 Å². The lowest BCUT2D eigenvalue weighted by Crippen LogP contribution is -1.99. The Balaban J connectivity index is 4.03. The first-order valence-corrected chi connectivity index (χ1v) is 2.94. The first kappa shape index (κ1) is 9.93. The summed E-state index contributed by atoms with van der Waals surface area (Å²) in [5, 5.41) is 9.52. The van der Waals surface area contributed by atoms with Crippen LogP contribution in [0.5, 0.6) is 0 Å². The lowest BCUT2D eigenvalue weighted by molar-refractivity contribution is 0.639. The second-order valence-electron chi connectivity index (χ2n) is 1.63. The molecule has 0 radical (unpaired) electrons. The quantitative estimate of drug-likeness (QED) is 0.336. The van der Waals surface area contributed by atoms with E-state index in [2.05, 4.69) is 30.1 Å². The molecular formula is C3H5N9. The van der Waals surface area contributed by atoms with Crippen LogP contribution in [0.25, 0.3) is 31.3 Å². The molecule has 0 aromatic heterocycles. The average Bonchev–Trinajstić information content (AvgIpc) is 2.06. The maximum absolute atomic E-state index is 7.99. The lowest BCUT2D eigenvalue weighted by Gasteiger charge is -1.97. The normalized spacial score (nSPS) is 10.0. The molecule has 9 nitrogen and oxygen atoms in total. The van der Waals surface area contributed by atoms with Crippen LogP contribution < -0.4 is 0 Å². The molecule has 0 saturated heterocycles. The van der Waals surface area contributed by atoms with Crippen molar-refractivity contribution in [2.45, 2.75) is 12.6 Å². The van der Waals surface area contributed by atoms with E-state index in [0.717, 1.165) is 0 Å². The van der Waals surface area contributed by atoms with Crippen molar-refractivity contribution in [1.29, 1.82) is 0 Å². The third-order valence-corrected chi connectivity index (χ3v) is 0.920. The van der Waals surface area contributed by atoms with Crippen LogP contribution in [0.2, 0.25) is 0 Å². The molecule has 0 bridgehead atoms. The van der Waals surface area contributed by atoms with Crippen LogP contribution in [-0.4, -0.2) is 12.7 Å². The fourth-order valence-corrected chi connectivity index (χ4v) is 0.476. The summed E-state index contributed by atoms with van der Waals surface area (Å²) < 4.78 is 0. The molecule has 0 heterocycles. The van der Waals surface area contributed by atoms with Crippen LogP contribution in [-0.2, 0) is 0 Å². The van der Waals surface area contributed by atoms with E-state index in [4.69, 9.17) is 16.6 Å². The fraction of sp³-hybridized carbons (Fsp3) is 1.00. The molecule has 0 rings (SSSR count). The minimum atomic E-state index is -0.814. The first-order valence-electron chi connectivity index (χ1n) is 2.94. The zero-order valence-electron chi connectivity index (χ0n) is 6.02. The first-order chi connectivity index (χ1) is 5.85. The highest BCUT2D eigenvalue weighted by Gasteiger charge is 2.00. The van der Waals surface area contributed by atoms with E-state index < -0.39 is 6.17 Å². The van der Waals surface area contributed by atoms with Crippen molar-refractivity contribution in [2.75, 3.05) is 6.54 Å². The molecule has 0 aromatic carbocycles. The van der Waals surface area contributed by atoms with Gasteiger partial charge in [0.25, 0.3) is 0 Å². The number of nitrogens with zero attached hydrogens (tertiary/aromatic N) is 9. The third-order valence-electron chi connectivity index (χ3n) is 0.920. The van der Waals surface area contributed by atoms with Gasteiger partial charge in [-0.25, -0.2) is 0 Å². The van der Waals surface area contributed by atoms with Gasteiger partial charge in [0, 0.05) is 21.3 Å². The van der Waals surface area contributed by atoms with Crippen molar-refractivity contribution in [3.05, 3.63) is 31.3 Å². The van der Waals surface area contributed by atoms with Crippen molar-refractivity contribution in [3.8, 4) is 0 Å². The highest BCUT2D eigenvalue weighted by Crippen LogP contribution is 2.00. The SMILES string of the molecule is [N-]=[N+]=NCCC(N=[N+]=[N-])N=[N+]=[N-]. The molecule has 0 aromatic rings. The lowest BCUT2D eigenvalue weighted by atomic mass is 10.4. The van der Waals surface area contributed by atoms with E-state index in [1.165, 1.54) is 0 Å². The summed E-state index contributed by atoms with van der Waals surface area (Å²) in [6.45, 7) is 0.138. The van der Waals surface area contributed by atoms with Gasteiger partial charge in [-0.05, 0) is 23.0 Å². The maximum atomic E-state index is 7.99. The molecule has 9 heteroatoms. The minimum absolute atomic E-state index is 0.138. The van der Waals surface area contributed by atoms with Crippen LogP contribution in [0.4, 0.5) is 0 Å². The van der Waals surface area contributed by atoms with Gasteiger partial charge in [0.15, 0.2) is 0 Å². The second-order valence-corrected chi connectivity index (χ2v) is 1.63. The molecule has 62 valence electrons. The highest BCUT2D eigenvalue weighted by molar-refractivity contribution is 4.66. The molecule has 0 N–H and O–H groups in total. The van der Waals surface area contributed by atoms with Gasteiger partial charge in [0.1, 0.15) is 6.17 Å². The van der Waals surface area contributed by atoms with Gasteiger partial charge < -0.3 is 0 Å². The number of hydrogen-bond donors (Lipinski definition) is 0. The predicted octanol–water partition coefficient (Wildman–Crippen LogP) is 2.63. The summed E-state index contributed by atoms with van der Waals surface area (Å²) in [7, 11) is 0. The zero-order chi connectivity index (χ0) is 9.23. The van der Waals surface area contributed by atoms with Gasteiger partial charge in [-0.2, -0.15) is 0 Å². The summed E-state index contributed by atoms with van der Waals surface area (Å²) in [6, 6.07) is 0. The van der Waals surface area contributed by atoms with E-state index >= 15 is 0 Å². The largest absolute Gasteiger partial charge is 0.116 e. The average molecular weight is 167 g/mol. The molecule has 0 aliphatic carbocycles. The Labute approximate surface area is 66.9 Å². The molecular weight excluding hydrogens is 162 g/mol. The van der Waals surface area contributed by atoms with Gasteiger partial charge in [-0.3, -0.25) is 0 Å². The highest BCUT2D eigenvalue weighted by atomic mass is 15.3. The maximum Gasteiger partial charge on any atom is 0.116 e. The zero-order valence-corrected chi connectivity index (χ0v) is 6.02. The number of azide groups is 2. The van der Waals surface area contributed by atoms with Crippen LogP contribution in [0.3, 0.4) is 0 Å². The molecule has 12 heavy (non-hydrogen) atoms. The third kappa shape index (κ3) is 4.78. The smallest absolute Gasteiger partial charge is 0.0940 e. The summed E-state index contributed by atoms with van der Waals surface area (Å²) in [6.07, 6.45) is -0.594. The van der Waals surface area contributed by atoms with Crippen molar-refractivity contribution >= 4 is 0 Å². The van der Waals surface area contributed by atoms with Crippen LogP contribution >= 0.6 is 0 Å². The Morgan fingerprint density at radius 1 is 1.00 bits per heavy atom. The van der Waals surface area contributed by atoms with E-state index in [1.807, 2.05) is 0 Å². The molecule has 0 aliphatic heterocycles. The Kier molecular flexibility index (Phi) is 5.83. The summed E-state index contributed by atoms with van der Waals surface area (Å²) >= 11 is 0. The molecule has 0 saturated carbocycles. The molecule has 0 spiro atoms. The van der Waals surface area contributed by atoms with Gasteiger partial charge in [0.05, 0.1) is 0 Å². The van der Waals surface area contributed by atoms with E-state index in [0.29, 0.717) is 0 Å². The molecule has 0 aliphatic rings. The molecule has 0 unspecified atom stereocenters. The Morgan fingerprint density at radius 3 is 2.00 bits per heavy atom. The van der Waals surface area contributed by atoms with Gasteiger partial charge >= 0.3 is 0 Å². The summed E-state index contributed by atoms with van der Waals surface area (Å²) in [5.74, 6) is 0. The van der Waals surface area contributed by atoms with Crippen molar-refractivity contribution < 1.29 is 0 Å². The van der Waals surface area contributed by atoms with Crippen molar-refractivity contribution in [3.63, 3.8) is 0 Å². The summed E-state index contributed by atoms with van der Waals surface area (Å²) in [5.41, 5.74) is 23.9. The minimum Gasteiger partial charge on any atom is -0.0940 e.